The Morgan fingerprint density at radius 3 is 1.47 bits per heavy atom. The lowest BCUT2D eigenvalue weighted by Crippen LogP contribution is -2.33. The molecule has 0 saturated carbocycles. The second-order valence-corrected chi connectivity index (χ2v) is 10.6. The lowest BCUT2D eigenvalue weighted by atomic mass is 9.87. The first-order valence-corrected chi connectivity index (χ1v) is 13.0. The van der Waals surface area contributed by atoms with Gasteiger partial charge >= 0.3 is 7.55 Å². The molecule has 3 aromatic carbocycles. The van der Waals surface area contributed by atoms with Crippen molar-refractivity contribution < 1.29 is 52.8 Å². The molecule has 6 rings (SSSR count). The molecule has 2 aliphatic heterocycles. The van der Waals surface area contributed by atoms with Gasteiger partial charge in [-0.05, 0) is 61.7 Å². The van der Waals surface area contributed by atoms with E-state index in [1.165, 1.54) is 44.2 Å². The standard InChI is InChI=1S/C31H16BF11N2/c1-9-19(13-5-15(33)23(37)16(34)6-13)11(3)44-30(9)22(21-25(39)27(41)29(43)28(42)26(21)40)31-10(2)20(12(4)45(31)32-44)14-7-17(35)24(38)18(36)8-14/h5-8H,1-4H3/q+1. The molecule has 0 fully saturated rings. The Kier molecular flexibility index (Phi) is 6.90. The fourth-order valence-corrected chi connectivity index (χ4v) is 6.16. The number of nitrogens with zero attached hydrogens (tertiary/aromatic N) is 2. The normalized spacial score (nSPS) is 14.5. The number of rotatable bonds is 3. The molecule has 0 amide bonds. The van der Waals surface area contributed by atoms with Gasteiger partial charge in [0.05, 0.1) is 22.4 Å². The van der Waals surface area contributed by atoms with E-state index in [0.29, 0.717) is 24.3 Å². The van der Waals surface area contributed by atoms with E-state index in [1.54, 1.807) is 0 Å². The summed E-state index contributed by atoms with van der Waals surface area (Å²) in [4.78, 5) is 0. The van der Waals surface area contributed by atoms with Gasteiger partial charge in [-0.25, -0.2) is 48.3 Å². The fourth-order valence-electron chi connectivity index (χ4n) is 6.16. The predicted molar refractivity (Wildman–Crippen MR) is 142 cm³/mol. The second kappa shape index (κ2) is 10.2. The summed E-state index contributed by atoms with van der Waals surface area (Å²) in [6, 6.07) is 2.74. The number of fused-ring (bicyclic) bond motifs is 2. The van der Waals surface area contributed by atoms with E-state index in [1.807, 2.05) is 0 Å². The van der Waals surface area contributed by atoms with Crippen molar-refractivity contribution in [3.8, 4) is 11.1 Å². The van der Waals surface area contributed by atoms with Crippen molar-refractivity contribution in [3.63, 3.8) is 0 Å². The topological polar surface area (TPSA) is 7.94 Å². The fraction of sp³-hybridized carbons (Fsp3) is 0.129. The Balaban J connectivity index is 1.77. The van der Waals surface area contributed by atoms with Crippen LogP contribution in [0.1, 0.15) is 41.9 Å². The van der Waals surface area contributed by atoms with Gasteiger partial charge in [0, 0.05) is 23.8 Å². The quantitative estimate of drug-likeness (QED) is 0.0924. The van der Waals surface area contributed by atoms with Crippen molar-refractivity contribution in [1.29, 1.82) is 0 Å². The van der Waals surface area contributed by atoms with Gasteiger partial charge in [0.1, 0.15) is 0 Å². The van der Waals surface area contributed by atoms with Crippen LogP contribution >= 0.6 is 0 Å². The Morgan fingerprint density at radius 2 is 0.978 bits per heavy atom. The van der Waals surface area contributed by atoms with Gasteiger partial charge in [0.25, 0.3) is 0 Å². The molecule has 2 aliphatic rings. The SMILES string of the molecule is CC1=C(c2cc(F)c(F)c(F)c2)C(C)=[N+]2[B]n3c(C)c(-c4cc(F)c(F)c(F)c4)c(C)c3C(c3c(F)c(F)c(F)c(F)c3F)=C12. The van der Waals surface area contributed by atoms with Crippen molar-refractivity contribution >= 4 is 24.4 Å². The Morgan fingerprint density at radius 1 is 0.533 bits per heavy atom. The number of hydrogen-bond acceptors (Lipinski definition) is 0. The third kappa shape index (κ3) is 4.13. The number of aromatic nitrogens is 1. The first-order chi connectivity index (χ1) is 21.1. The second-order valence-electron chi connectivity index (χ2n) is 10.6. The van der Waals surface area contributed by atoms with Crippen LogP contribution in [0, 0.1) is 77.8 Å². The molecule has 1 radical (unpaired) electrons. The van der Waals surface area contributed by atoms with Crippen molar-refractivity contribution in [2.45, 2.75) is 27.7 Å². The van der Waals surface area contributed by atoms with Crippen molar-refractivity contribution in [3.05, 3.63) is 128 Å². The summed E-state index contributed by atoms with van der Waals surface area (Å²) >= 11 is 0. The molecule has 4 aromatic rings. The average molecular weight is 636 g/mol. The number of allylic oxidation sites excluding steroid dienone is 2. The first-order valence-electron chi connectivity index (χ1n) is 13.0. The summed E-state index contributed by atoms with van der Waals surface area (Å²) in [5.41, 5.74) is -2.07. The molecule has 45 heavy (non-hydrogen) atoms. The molecule has 0 saturated heterocycles. The molecule has 0 spiro atoms. The van der Waals surface area contributed by atoms with Crippen LogP contribution in [-0.4, -0.2) is 22.2 Å². The Labute approximate surface area is 248 Å². The van der Waals surface area contributed by atoms with Gasteiger partial charge in [-0.15, -0.1) is 0 Å². The molecular weight excluding hydrogens is 620 g/mol. The molecule has 0 N–H and O–H groups in total. The highest BCUT2D eigenvalue weighted by Gasteiger charge is 2.47. The maximum Gasteiger partial charge on any atom is 0.700 e. The van der Waals surface area contributed by atoms with E-state index >= 15 is 8.78 Å². The van der Waals surface area contributed by atoms with E-state index in [4.69, 9.17) is 0 Å². The highest BCUT2D eigenvalue weighted by atomic mass is 19.2. The summed E-state index contributed by atoms with van der Waals surface area (Å²) in [6.07, 6.45) is 0. The minimum Gasteiger partial charge on any atom is -0.321 e. The van der Waals surface area contributed by atoms with Crippen LogP contribution in [0.2, 0.25) is 0 Å². The van der Waals surface area contributed by atoms with E-state index in [9.17, 15) is 39.5 Å². The van der Waals surface area contributed by atoms with E-state index in [-0.39, 0.29) is 56.2 Å². The number of hydrogen-bond donors (Lipinski definition) is 0. The van der Waals surface area contributed by atoms with Gasteiger partial charge in [-0.1, -0.05) is 0 Å². The average Bonchev–Trinajstić information content (AvgIpc) is 3.39. The lowest BCUT2D eigenvalue weighted by Gasteiger charge is -2.21. The predicted octanol–water partition coefficient (Wildman–Crippen LogP) is 8.42. The lowest BCUT2D eigenvalue weighted by molar-refractivity contribution is -0.315. The van der Waals surface area contributed by atoms with Crippen LogP contribution in [0.4, 0.5) is 48.3 Å². The van der Waals surface area contributed by atoms with Gasteiger partial charge in [0.2, 0.25) is 5.82 Å². The molecule has 0 atom stereocenters. The van der Waals surface area contributed by atoms with Gasteiger partial charge in [-0.2, -0.15) is 0 Å². The third-order valence-electron chi connectivity index (χ3n) is 8.10. The molecule has 229 valence electrons. The van der Waals surface area contributed by atoms with E-state index in [0.717, 1.165) is 0 Å². The molecule has 14 heteroatoms. The smallest absolute Gasteiger partial charge is 0.321 e. The van der Waals surface area contributed by atoms with Crippen LogP contribution in [0.15, 0.2) is 35.5 Å². The summed E-state index contributed by atoms with van der Waals surface area (Å²) in [5, 5.41) is 0. The van der Waals surface area contributed by atoms with Crippen LogP contribution < -0.4 is 0 Å². The Hall–Kier alpha value is -4.62. The third-order valence-corrected chi connectivity index (χ3v) is 8.10. The van der Waals surface area contributed by atoms with Crippen molar-refractivity contribution in [2.75, 3.05) is 0 Å². The van der Waals surface area contributed by atoms with Gasteiger partial charge in [0.15, 0.2) is 69.6 Å². The highest BCUT2D eigenvalue weighted by molar-refractivity contribution is 6.35. The Bertz CT molecular complexity index is 2060. The van der Waals surface area contributed by atoms with E-state index < -0.39 is 75.1 Å². The van der Waals surface area contributed by atoms with Crippen LogP contribution in [0.25, 0.3) is 22.3 Å². The number of halogens is 11. The molecule has 2 nitrogen and oxygen atoms in total. The molecule has 1 aromatic heterocycles. The first kappa shape index (κ1) is 30.4. The monoisotopic (exact) mass is 636 g/mol. The zero-order valence-electron chi connectivity index (χ0n) is 23.4. The van der Waals surface area contributed by atoms with Crippen LogP contribution in [-0.2, 0) is 0 Å². The van der Waals surface area contributed by atoms with Crippen LogP contribution in [0.3, 0.4) is 0 Å². The summed E-state index contributed by atoms with van der Waals surface area (Å²) < 4.78 is 162. The molecule has 3 heterocycles. The molecule has 0 unspecified atom stereocenters. The largest absolute Gasteiger partial charge is 0.700 e. The minimum atomic E-state index is -2.42. The molecular formula is C31H16BF11N2+. The van der Waals surface area contributed by atoms with Crippen molar-refractivity contribution in [2.24, 2.45) is 0 Å². The summed E-state index contributed by atoms with van der Waals surface area (Å²) in [5.74, 6) is -21.0. The summed E-state index contributed by atoms with van der Waals surface area (Å²) in [7, 11) is 1.34. The van der Waals surface area contributed by atoms with Gasteiger partial charge in [-0.3, -0.25) is 4.49 Å². The van der Waals surface area contributed by atoms with Crippen molar-refractivity contribution in [1.82, 2.24) is 4.48 Å². The zero-order chi connectivity index (χ0) is 33.0. The maximum atomic E-state index is 15.5. The summed E-state index contributed by atoms with van der Waals surface area (Å²) in [6.45, 7) is 5.58. The molecule has 0 aliphatic carbocycles. The minimum absolute atomic E-state index is 0.0537. The van der Waals surface area contributed by atoms with Crippen LogP contribution in [0.5, 0.6) is 0 Å². The van der Waals surface area contributed by atoms with Gasteiger partial charge < -0.3 is 4.48 Å². The highest BCUT2D eigenvalue weighted by Crippen LogP contribution is 2.47. The maximum absolute atomic E-state index is 15.5. The number of benzene rings is 3. The molecule has 0 bridgehead atoms. The van der Waals surface area contributed by atoms with E-state index in [2.05, 4.69) is 0 Å². The zero-order valence-corrected chi connectivity index (χ0v) is 23.4.